The normalized spacial score (nSPS) is 15.4. The predicted octanol–water partition coefficient (Wildman–Crippen LogP) is 1.68. The lowest BCUT2D eigenvalue weighted by molar-refractivity contribution is 0.0746. The molecule has 20 heavy (non-hydrogen) atoms. The second kappa shape index (κ2) is 5.36. The molecule has 0 atom stereocenters. The van der Waals surface area contributed by atoms with Crippen molar-refractivity contribution in [2.45, 2.75) is 6.92 Å². The fourth-order valence-corrected chi connectivity index (χ4v) is 2.54. The first-order chi connectivity index (χ1) is 9.75. The average Bonchev–Trinajstić information content (AvgIpc) is 2.94. The zero-order valence-corrected chi connectivity index (χ0v) is 11.5. The number of hydrogen-bond donors (Lipinski definition) is 1. The largest absolute Gasteiger partial charge is 0.368 e. The quantitative estimate of drug-likeness (QED) is 0.903. The van der Waals surface area contributed by atoms with E-state index in [0.29, 0.717) is 5.56 Å². The second-order valence-corrected chi connectivity index (χ2v) is 5.02. The molecule has 1 fully saturated rings. The Morgan fingerprint density at radius 3 is 2.45 bits per heavy atom. The van der Waals surface area contributed by atoms with E-state index >= 15 is 0 Å². The third-order valence-corrected chi connectivity index (χ3v) is 3.75. The van der Waals surface area contributed by atoms with Crippen molar-refractivity contribution >= 4 is 11.6 Å². The molecule has 2 heterocycles. The van der Waals surface area contributed by atoms with Gasteiger partial charge in [0.2, 0.25) is 0 Å². The van der Waals surface area contributed by atoms with E-state index < -0.39 is 0 Å². The molecule has 1 aromatic carbocycles. The monoisotopic (exact) mass is 270 g/mol. The number of piperazine rings is 1. The van der Waals surface area contributed by atoms with E-state index in [1.54, 1.807) is 6.20 Å². The Morgan fingerprint density at radius 1 is 1.15 bits per heavy atom. The number of rotatable bonds is 2. The van der Waals surface area contributed by atoms with Crippen LogP contribution >= 0.6 is 0 Å². The maximum atomic E-state index is 12.4. The lowest BCUT2D eigenvalue weighted by atomic mass is 10.2. The lowest BCUT2D eigenvalue weighted by Gasteiger charge is -2.36. The van der Waals surface area contributed by atoms with E-state index in [1.165, 1.54) is 5.69 Å². The molecular weight excluding hydrogens is 252 g/mol. The number of carbonyl (C=O) groups excluding carboxylic acids is 1. The van der Waals surface area contributed by atoms with E-state index in [4.69, 9.17) is 0 Å². The standard InChI is InChI=1S/C15H18N4O/c1-12-14(11-16-17-12)15(20)19-9-7-18(8-10-19)13-5-3-2-4-6-13/h2-6,11H,7-10H2,1H3,(H,16,17). The summed E-state index contributed by atoms with van der Waals surface area (Å²) < 4.78 is 0. The highest BCUT2D eigenvalue weighted by Gasteiger charge is 2.23. The molecular formula is C15H18N4O. The second-order valence-electron chi connectivity index (χ2n) is 5.02. The molecule has 0 spiro atoms. The van der Waals surface area contributed by atoms with Crippen LogP contribution in [0.2, 0.25) is 0 Å². The molecule has 2 aromatic rings. The maximum absolute atomic E-state index is 12.4. The zero-order chi connectivity index (χ0) is 13.9. The SMILES string of the molecule is Cc1[nH]ncc1C(=O)N1CCN(c2ccccc2)CC1. The number of amides is 1. The Bertz CT molecular complexity index is 585. The number of anilines is 1. The van der Waals surface area contributed by atoms with Gasteiger partial charge < -0.3 is 9.80 Å². The fourth-order valence-electron chi connectivity index (χ4n) is 2.54. The molecule has 3 rings (SSSR count). The number of carbonyl (C=O) groups is 1. The molecule has 1 aliphatic rings. The van der Waals surface area contributed by atoms with Crippen molar-refractivity contribution in [1.29, 1.82) is 0 Å². The minimum atomic E-state index is 0.0731. The smallest absolute Gasteiger partial charge is 0.257 e. The van der Waals surface area contributed by atoms with E-state index in [-0.39, 0.29) is 5.91 Å². The van der Waals surface area contributed by atoms with Crippen molar-refractivity contribution in [3.8, 4) is 0 Å². The third kappa shape index (κ3) is 2.39. The van der Waals surface area contributed by atoms with Crippen LogP contribution in [-0.4, -0.2) is 47.2 Å². The molecule has 1 amide bonds. The Hall–Kier alpha value is -2.30. The molecule has 0 saturated carbocycles. The highest BCUT2D eigenvalue weighted by Crippen LogP contribution is 2.17. The first-order valence-corrected chi connectivity index (χ1v) is 6.85. The summed E-state index contributed by atoms with van der Waals surface area (Å²) in [6.07, 6.45) is 1.61. The summed E-state index contributed by atoms with van der Waals surface area (Å²) in [5.41, 5.74) is 2.73. The minimum absolute atomic E-state index is 0.0731. The molecule has 0 aliphatic carbocycles. The van der Waals surface area contributed by atoms with Gasteiger partial charge in [-0.2, -0.15) is 5.10 Å². The number of benzene rings is 1. The molecule has 1 saturated heterocycles. The van der Waals surface area contributed by atoms with Crippen molar-refractivity contribution in [3.63, 3.8) is 0 Å². The van der Waals surface area contributed by atoms with Crippen LogP contribution in [0.25, 0.3) is 0 Å². The molecule has 1 aliphatic heterocycles. The van der Waals surface area contributed by atoms with Gasteiger partial charge in [0.15, 0.2) is 0 Å². The number of aromatic nitrogens is 2. The number of para-hydroxylation sites is 1. The van der Waals surface area contributed by atoms with Crippen molar-refractivity contribution in [2.75, 3.05) is 31.1 Å². The number of hydrogen-bond acceptors (Lipinski definition) is 3. The Morgan fingerprint density at radius 2 is 1.85 bits per heavy atom. The van der Waals surface area contributed by atoms with Gasteiger partial charge >= 0.3 is 0 Å². The molecule has 104 valence electrons. The number of aromatic amines is 1. The van der Waals surface area contributed by atoms with E-state index in [1.807, 2.05) is 30.0 Å². The highest BCUT2D eigenvalue weighted by molar-refractivity contribution is 5.95. The maximum Gasteiger partial charge on any atom is 0.257 e. The molecule has 0 bridgehead atoms. The zero-order valence-electron chi connectivity index (χ0n) is 11.5. The van der Waals surface area contributed by atoms with Gasteiger partial charge in [-0.05, 0) is 19.1 Å². The van der Waals surface area contributed by atoms with Crippen LogP contribution in [0.3, 0.4) is 0 Å². The minimum Gasteiger partial charge on any atom is -0.368 e. The molecule has 5 heteroatoms. The van der Waals surface area contributed by atoms with E-state index in [9.17, 15) is 4.79 Å². The van der Waals surface area contributed by atoms with Crippen LogP contribution in [0.4, 0.5) is 5.69 Å². The predicted molar refractivity (Wildman–Crippen MR) is 77.9 cm³/mol. The summed E-state index contributed by atoms with van der Waals surface area (Å²) in [6.45, 7) is 5.11. The summed E-state index contributed by atoms with van der Waals surface area (Å²) in [6, 6.07) is 10.3. The Labute approximate surface area is 118 Å². The Balaban J connectivity index is 1.64. The third-order valence-electron chi connectivity index (χ3n) is 3.75. The van der Waals surface area contributed by atoms with Crippen molar-refractivity contribution < 1.29 is 4.79 Å². The molecule has 5 nitrogen and oxygen atoms in total. The first-order valence-electron chi connectivity index (χ1n) is 6.85. The molecule has 1 N–H and O–H groups in total. The van der Waals surface area contributed by atoms with Gasteiger partial charge in [-0.15, -0.1) is 0 Å². The van der Waals surface area contributed by atoms with Gasteiger partial charge in [0, 0.05) is 37.6 Å². The van der Waals surface area contributed by atoms with E-state index in [2.05, 4.69) is 27.2 Å². The number of aryl methyl sites for hydroxylation is 1. The average molecular weight is 270 g/mol. The number of nitrogens with one attached hydrogen (secondary N) is 1. The van der Waals surface area contributed by atoms with E-state index in [0.717, 1.165) is 31.9 Å². The van der Waals surface area contributed by atoms with Gasteiger partial charge in [0.1, 0.15) is 0 Å². The van der Waals surface area contributed by atoms with Crippen LogP contribution in [0.15, 0.2) is 36.5 Å². The van der Waals surface area contributed by atoms with Gasteiger partial charge in [0.25, 0.3) is 5.91 Å². The van der Waals surface area contributed by atoms with Crippen LogP contribution in [0.1, 0.15) is 16.1 Å². The van der Waals surface area contributed by atoms with Gasteiger partial charge in [-0.25, -0.2) is 0 Å². The van der Waals surface area contributed by atoms with Crippen molar-refractivity contribution in [2.24, 2.45) is 0 Å². The molecule has 0 radical (unpaired) electrons. The number of H-pyrrole nitrogens is 1. The molecule has 0 unspecified atom stereocenters. The molecule has 1 aromatic heterocycles. The number of nitrogens with zero attached hydrogens (tertiary/aromatic N) is 3. The van der Waals surface area contributed by atoms with Gasteiger partial charge in [0.05, 0.1) is 11.8 Å². The van der Waals surface area contributed by atoms with Crippen molar-refractivity contribution in [1.82, 2.24) is 15.1 Å². The first kappa shape index (κ1) is 12.7. The van der Waals surface area contributed by atoms with Crippen molar-refractivity contribution in [3.05, 3.63) is 47.8 Å². The Kier molecular flexibility index (Phi) is 3.41. The summed E-state index contributed by atoms with van der Waals surface area (Å²) in [5, 5.41) is 6.73. The summed E-state index contributed by atoms with van der Waals surface area (Å²) in [4.78, 5) is 16.6. The summed E-state index contributed by atoms with van der Waals surface area (Å²) in [7, 11) is 0. The van der Waals surface area contributed by atoms with Crippen LogP contribution in [0.5, 0.6) is 0 Å². The van der Waals surface area contributed by atoms with Gasteiger partial charge in [-0.1, -0.05) is 18.2 Å². The van der Waals surface area contributed by atoms with Crippen LogP contribution in [0, 0.1) is 6.92 Å². The lowest BCUT2D eigenvalue weighted by Crippen LogP contribution is -2.48. The summed E-state index contributed by atoms with van der Waals surface area (Å²) >= 11 is 0. The van der Waals surface area contributed by atoms with Crippen LogP contribution < -0.4 is 4.90 Å². The van der Waals surface area contributed by atoms with Gasteiger partial charge in [-0.3, -0.25) is 9.89 Å². The topological polar surface area (TPSA) is 52.2 Å². The summed E-state index contributed by atoms with van der Waals surface area (Å²) in [5.74, 6) is 0.0731. The van der Waals surface area contributed by atoms with Crippen LogP contribution in [-0.2, 0) is 0 Å². The fraction of sp³-hybridized carbons (Fsp3) is 0.333. The highest BCUT2D eigenvalue weighted by atomic mass is 16.2.